The molecule has 0 bridgehead atoms. The summed E-state index contributed by atoms with van der Waals surface area (Å²) in [7, 11) is 1.55. The molecule has 0 fully saturated rings. The second kappa shape index (κ2) is 6.52. The fourth-order valence-corrected chi connectivity index (χ4v) is 2.17. The van der Waals surface area contributed by atoms with Gasteiger partial charge in [0.1, 0.15) is 11.6 Å². The highest BCUT2D eigenvalue weighted by atomic mass is 19.2. The molecule has 2 nitrogen and oxygen atoms in total. The van der Waals surface area contributed by atoms with E-state index in [4.69, 9.17) is 4.74 Å². The summed E-state index contributed by atoms with van der Waals surface area (Å²) in [5.74, 6) is -2.47. The lowest BCUT2D eigenvalue weighted by Gasteiger charge is -2.21. The van der Waals surface area contributed by atoms with Crippen LogP contribution in [0, 0.1) is 17.5 Å². The highest BCUT2D eigenvalue weighted by molar-refractivity contribution is 5.49. The molecular weight excluding hydrogens is 279 g/mol. The van der Waals surface area contributed by atoms with E-state index in [0.717, 1.165) is 11.6 Å². The van der Waals surface area contributed by atoms with Gasteiger partial charge in [-0.15, -0.1) is 0 Å². The molecular formula is C16H16F3NO. The van der Waals surface area contributed by atoms with E-state index in [-0.39, 0.29) is 11.7 Å². The van der Waals surface area contributed by atoms with Crippen LogP contribution >= 0.6 is 0 Å². The number of benzene rings is 2. The monoisotopic (exact) mass is 295 g/mol. The number of hydrogen-bond acceptors (Lipinski definition) is 2. The second-order valence-electron chi connectivity index (χ2n) is 4.59. The van der Waals surface area contributed by atoms with Crippen LogP contribution in [0.25, 0.3) is 0 Å². The Morgan fingerprint density at radius 2 is 1.71 bits per heavy atom. The van der Waals surface area contributed by atoms with Gasteiger partial charge in [0.05, 0.1) is 18.8 Å². The van der Waals surface area contributed by atoms with Gasteiger partial charge in [-0.25, -0.2) is 13.2 Å². The Labute approximate surface area is 121 Å². The average molecular weight is 295 g/mol. The van der Waals surface area contributed by atoms with Crippen LogP contribution < -0.4 is 10.1 Å². The topological polar surface area (TPSA) is 21.3 Å². The Hall–Kier alpha value is -2.17. The summed E-state index contributed by atoms with van der Waals surface area (Å²) in [5.41, 5.74) is 0.748. The van der Waals surface area contributed by atoms with Crippen LogP contribution in [0.3, 0.4) is 0 Å². The van der Waals surface area contributed by atoms with E-state index in [1.54, 1.807) is 13.2 Å². The van der Waals surface area contributed by atoms with Gasteiger partial charge in [0.25, 0.3) is 0 Å². The van der Waals surface area contributed by atoms with Gasteiger partial charge in [-0.3, -0.25) is 0 Å². The Bertz CT molecular complexity index is 631. The van der Waals surface area contributed by atoms with Crippen LogP contribution in [0.1, 0.15) is 24.9 Å². The summed E-state index contributed by atoms with van der Waals surface area (Å²) in [6.45, 7) is 1.90. The fourth-order valence-electron chi connectivity index (χ4n) is 2.17. The lowest BCUT2D eigenvalue weighted by atomic mass is 10.0. The molecule has 21 heavy (non-hydrogen) atoms. The van der Waals surface area contributed by atoms with Crippen molar-refractivity contribution in [1.29, 1.82) is 0 Å². The summed E-state index contributed by atoms with van der Waals surface area (Å²) < 4.78 is 45.2. The zero-order valence-electron chi connectivity index (χ0n) is 11.8. The molecule has 2 rings (SSSR count). The van der Waals surface area contributed by atoms with E-state index < -0.39 is 17.5 Å². The minimum atomic E-state index is -1.21. The maximum atomic E-state index is 13.7. The van der Waals surface area contributed by atoms with Crippen molar-refractivity contribution in [2.24, 2.45) is 0 Å². The number of ether oxygens (including phenoxy) is 1. The lowest BCUT2D eigenvalue weighted by molar-refractivity contribution is 0.406. The number of rotatable bonds is 5. The van der Waals surface area contributed by atoms with Gasteiger partial charge in [-0.2, -0.15) is 0 Å². The predicted octanol–water partition coefficient (Wildman–Crippen LogP) is 4.68. The first kappa shape index (κ1) is 15.2. The lowest BCUT2D eigenvalue weighted by Crippen LogP contribution is -2.12. The van der Waals surface area contributed by atoms with Gasteiger partial charge >= 0.3 is 0 Å². The summed E-state index contributed by atoms with van der Waals surface area (Å²) in [4.78, 5) is 0. The summed E-state index contributed by atoms with van der Waals surface area (Å²) in [5, 5.41) is 2.89. The number of para-hydroxylation sites is 1. The molecule has 0 aliphatic carbocycles. The molecule has 0 radical (unpaired) electrons. The molecule has 0 aliphatic heterocycles. The zero-order chi connectivity index (χ0) is 15.4. The Kier molecular flexibility index (Phi) is 4.73. The van der Waals surface area contributed by atoms with Crippen molar-refractivity contribution in [1.82, 2.24) is 0 Å². The zero-order valence-corrected chi connectivity index (χ0v) is 11.8. The smallest absolute Gasteiger partial charge is 0.161 e. The molecule has 0 saturated carbocycles. The van der Waals surface area contributed by atoms with Crippen molar-refractivity contribution in [2.75, 3.05) is 12.4 Å². The molecule has 0 spiro atoms. The third kappa shape index (κ3) is 3.29. The van der Waals surface area contributed by atoms with E-state index in [1.807, 2.05) is 25.1 Å². The minimum Gasteiger partial charge on any atom is -0.496 e. The molecule has 2 aromatic carbocycles. The van der Waals surface area contributed by atoms with Crippen molar-refractivity contribution in [2.45, 2.75) is 19.4 Å². The van der Waals surface area contributed by atoms with Crippen LogP contribution in [-0.4, -0.2) is 7.11 Å². The van der Waals surface area contributed by atoms with E-state index in [1.165, 1.54) is 0 Å². The van der Waals surface area contributed by atoms with E-state index >= 15 is 0 Å². The third-order valence-electron chi connectivity index (χ3n) is 3.26. The molecule has 0 heterocycles. The average Bonchev–Trinajstić information content (AvgIpc) is 2.49. The third-order valence-corrected chi connectivity index (χ3v) is 3.26. The van der Waals surface area contributed by atoms with Gasteiger partial charge in [0.15, 0.2) is 11.6 Å². The molecule has 1 N–H and O–H groups in total. The second-order valence-corrected chi connectivity index (χ2v) is 4.59. The summed E-state index contributed by atoms with van der Waals surface area (Å²) in [6, 6.07) is 8.38. The normalized spacial score (nSPS) is 12.0. The molecule has 1 unspecified atom stereocenters. The van der Waals surface area contributed by atoms with Crippen LogP contribution in [0.5, 0.6) is 5.75 Å². The predicted molar refractivity (Wildman–Crippen MR) is 76.0 cm³/mol. The van der Waals surface area contributed by atoms with E-state index in [9.17, 15) is 13.2 Å². The molecule has 1 atom stereocenters. The van der Waals surface area contributed by atoms with Gasteiger partial charge in [-0.05, 0) is 12.5 Å². The van der Waals surface area contributed by atoms with Crippen molar-refractivity contribution in [3.8, 4) is 5.75 Å². The van der Waals surface area contributed by atoms with Gasteiger partial charge in [0, 0.05) is 17.7 Å². The quantitative estimate of drug-likeness (QED) is 0.809. The Morgan fingerprint density at radius 3 is 2.38 bits per heavy atom. The molecule has 0 saturated heterocycles. The summed E-state index contributed by atoms with van der Waals surface area (Å²) >= 11 is 0. The molecule has 0 aromatic heterocycles. The van der Waals surface area contributed by atoms with Crippen molar-refractivity contribution >= 4 is 5.69 Å². The molecule has 0 aliphatic rings. The van der Waals surface area contributed by atoms with E-state index in [0.29, 0.717) is 18.2 Å². The van der Waals surface area contributed by atoms with Crippen molar-refractivity contribution < 1.29 is 17.9 Å². The first-order valence-electron chi connectivity index (χ1n) is 6.60. The number of halogens is 3. The number of hydrogen-bond donors (Lipinski definition) is 1. The van der Waals surface area contributed by atoms with Crippen LogP contribution in [0.2, 0.25) is 0 Å². The van der Waals surface area contributed by atoms with Crippen LogP contribution in [0.15, 0.2) is 36.4 Å². The van der Waals surface area contributed by atoms with E-state index in [2.05, 4.69) is 5.32 Å². The molecule has 2 aromatic rings. The number of methoxy groups -OCH3 is 1. The van der Waals surface area contributed by atoms with Gasteiger partial charge in [-0.1, -0.05) is 25.1 Å². The largest absolute Gasteiger partial charge is 0.496 e. The molecule has 0 amide bonds. The van der Waals surface area contributed by atoms with Gasteiger partial charge < -0.3 is 10.1 Å². The maximum absolute atomic E-state index is 13.7. The number of anilines is 1. The highest BCUT2D eigenvalue weighted by Gasteiger charge is 2.17. The molecule has 5 heteroatoms. The SMILES string of the molecule is CCC(Nc1cc(F)c(F)cc1F)c1ccccc1OC. The Balaban J connectivity index is 2.33. The standard InChI is InChI=1S/C16H16F3NO/c1-3-14(10-6-4-5-7-16(10)21-2)20-15-9-12(18)11(17)8-13(15)19/h4-9,14,20H,3H2,1-2H3. The van der Waals surface area contributed by atoms with Crippen molar-refractivity contribution in [3.63, 3.8) is 0 Å². The maximum Gasteiger partial charge on any atom is 0.161 e. The number of nitrogens with one attached hydrogen (secondary N) is 1. The Morgan fingerprint density at radius 1 is 1.05 bits per heavy atom. The van der Waals surface area contributed by atoms with Crippen LogP contribution in [-0.2, 0) is 0 Å². The fraction of sp³-hybridized carbons (Fsp3) is 0.250. The van der Waals surface area contributed by atoms with Crippen LogP contribution in [0.4, 0.5) is 18.9 Å². The summed E-state index contributed by atoms with van der Waals surface area (Å²) in [6.07, 6.45) is 0.624. The minimum absolute atomic E-state index is 0.0772. The van der Waals surface area contributed by atoms with Gasteiger partial charge in [0.2, 0.25) is 0 Å². The molecule has 112 valence electrons. The van der Waals surface area contributed by atoms with Crippen molar-refractivity contribution in [3.05, 3.63) is 59.4 Å². The highest BCUT2D eigenvalue weighted by Crippen LogP contribution is 2.31. The first-order valence-corrected chi connectivity index (χ1v) is 6.60. The first-order chi connectivity index (χ1) is 10.1.